The quantitative estimate of drug-likeness (QED) is 0.612. The van der Waals surface area contributed by atoms with E-state index in [4.69, 9.17) is 4.74 Å². The molecule has 2 fully saturated rings. The number of hydrogen-bond donors (Lipinski definition) is 3. The Morgan fingerprint density at radius 2 is 2.27 bits per heavy atom. The van der Waals surface area contributed by atoms with E-state index < -0.39 is 0 Å². The highest BCUT2D eigenvalue weighted by atomic mass is 16.5. The van der Waals surface area contributed by atoms with Crippen LogP contribution in [0.25, 0.3) is 0 Å². The van der Waals surface area contributed by atoms with Gasteiger partial charge in [-0.3, -0.25) is 0 Å². The fourth-order valence-corrected chi connectivity index (χ4v) is 2.45. The smallest absolute Gasteiger partial charge is 0.0827 e. The van der Waals surface area contributed by atoms with Crippen molar-refractivity contribution in [2.24, 2.45) is 0 Å². The van der Waals surface area contributed by atoms with Gasteiger partial charge in [0.05, 0.1) is 18.3 Å². The highest BCUT2D eigenvalue weighted by molar-refractivity contribution is 4.84. The van der Waals surface area contributed by atoms with Gasteiger partial charge >= 0.3 is 0 Å². The van der Waals surface area contributed by atoms with Crippen molar-refractivity contribution < 1.29 is 9.84 Å². The van der Waals surface area contributed by atoms with E-state index in [9.17, 15) is 5.11 Å². The monoisotopic (exact) mass is 214 g/mol. The van der Waals surface area contributed by atoms with Crippen LogP contribution >= 0.6 is 0 Å². The molecule has 4 heteroatoms. The van der Waals surface area contributed by atoms with Crippen LogP contribution in [-0.2, 0) is 4.74 Å². The molecule has 1 saturated heterocycles. The molecule has 2 rings (SSSR count). The van der Waals surface area contributed by atoms with Gasteiger partial charge in [-0.25, -0.2) is 0 Å². The summed E-state index contributed by atoms with van der Waals surface area (Å²) in [5.74, 6) is 0. The van der Waals surface area contributed by atoms with Crippen molar-refractivity contribution in [2.45, 2.75) is 50.5 Å². The maximum absolute atomic E-state index is 9.65. The summed E-state index contributed by atoms with van der Waals surface area (Å²) >= 11 is 0. The van der Waals surface area contributed by atoms with Gasteiger partial charge < -0.3 is 20.5 Å². The second kappa shape index (κ2) is 5.25. The van der Waals surface area contributed by atoms with Gasteiger partial charge in [0.15, 0.2) is 0 Å². The lowest BCUT2D eigenvalue weighted by Gasteiger charge is -2.30. The molecule has 0 aromatic carbocycles. The molecule has 0 bridgehead atoms. The maximum atomic E-state index is 9.65. The molecule has 88 valence electrons. The van der Waals surface area contributed by atoms with Crippen LogP contribution in [0.5, 0.6) is 0 Å². The third kappa shape index (κ3) is 3.14. The van der Waals surface area contributed by atoms with Crippen LogP contribution in [0.15, 0.2) is 0 Å². The minimum atomic E-state index is -0.154. The van der Waals surface area contributed by atoms with Crippen LogP contribution in [0.3, 0.4) is 0 Å². The van der Waals surface area contributed by atoms with Gasteiger partial charge in [0.2, 0.25) is 0 Å². The van der Waals surface area contributed by atoms with Crippen molar-refractivity contribution >= 4 is 0 Å². The first-order chi connectivity index (χ1) is 7.25. The summed E-state index contributed by atoms with van der Waals surface area (Å²) in [5, 5.41) is 16.4. The molecule has 1 aliphatic carbocycles. The number of ether oxygens (including phenoxy) is 1. The average Bonchev–Trinajstić information content (AvgIpc) is 2.61. The Morgan fingerprint density at radius 3 is 2.93 bits per heavy atom. The lowest BCUT2D eigenvalue weighted by Crippen LogP contribution is -2.50. The number of aliphatic hydroxyl groups is 1. The van der Waals surface area contributed by atoms with Gasteiger partial charge in [0, 0.05) is 25.7 Å². The summed E-state index contributed by atoms with van der Waals surface area (Å²) in [4.78, 5) is 0. The van der Waals surface area contributed by atoms with Crippen LogP contribution in [0, 0.1) is 0 Å². The number of morpholine rings is 1. The van der Waals surface area contributed by atoms with E-state index in [0.29, 0.717) is 6.10 Å². The minimum Gasteiger partial charge on any atom is -0.392 e. The van der Waals surface area contributed by atoms with Gasteiger partial charge in [-0.15, -0.1) is 0 Å². The molecule has 0 radical (unpaired) electrons. The SMILES string of the molecule is C[C@@H]1CNC[C@@H](CNC2CCCC2O)O1. The Kier molecular flexibility index (Phi) is 3.97. The molecular weight excluding hydrogens is 192 g/mol. The Balaban J connectivity index is 1.68. The van der Waals surface area contributed by atoms with Gasteiger partial charge in [-0.1, -0.05) is 0 Å². The number of aliphatic hydroxyl groups excluding tert-OH is 1. The molecule has 1 aliphatic heterocycles. The molecular formula is C11H22N2O2. The molecule has 4 atom stereocenters. The highest BCUT2D eigenvalue weighted by Gasteiger charge is 2.26. The van der Waals surface area contributed by atoms with E-state index >= 15 is 0 Å². The van der Waals surface area contributed by atoms with Crippen LogP contribution in [0.4, 0.5) is 0 Å². The van der Waals surface area contributed by atoms with Crippen molar-refractivity contribution in [3.8, 4) is 0 Å². The molecule has 1 saturated carbocycles. The second-order valence-electron chi connectivity index (χ2n) is 4.74. The third-order valence-corrected chi connectivity index (χ3v) is 3.32. The van der Waals surface area contributed by atoms with E-state index in [2.05, 4.69) is 17.6 Å². The van der Waals surface area contributed by atoms with Crippen molar-refractivity contribution in [3.05, 3.63) is 0 Å². The molecule has 1 heterocycles. The Morgan fingerprint density at radius 1 is 1.40 bits per heavy atom. The molecule has 0 amide bonds. The lowest BCUT2D eigenvalue weighted by atomic mass is 10.2. The second-order valence-corrected chi connectivity index (χ2v) is 4.74. The van der Waals surface area contributed by atoms with Crippen LogP contribution in [0.1, 0.15) is 26.2 Å². The molecule has 0 spiro atoms. The highest BCUT2D eigenvalue weighted by Crippen LogP contribution is 2.18. The molecule has 0 aromatic heterocycles. The van der Waals surface area contributed by atoms with Crippen molar-refractivity contribution in [1.29, 1.82) is 0 Å². The summed E-state index contributed by atoms with van der Waals surface area (Å²) in [6, 6.07) is 0.283. The third-order valence-electron chi connectivity index (χ3n) is 3.32. The Hall–Kier alpha value is -0.160. The first kappa shape index (κ1) is 11.3. The van der Waals surface area contributed by atoms with E-state index in [1.54, 1.807) is 0 Å². The van der Waals surface area contributed by atoms with Gasteiger partial charge in [-0.2, -0.15) is 0 Å². The van der Waals surface area contributed by atoms with Crippen LogP contribution in [-0.4, -0.2) is 49.1 Å². The van der Waals surface area contributed by atoms with E-state index in [-0.39, 0.29) is 18.2 Å². The van der Waals surface area contributed by atoms with E-state index in [0.717, 1.165) is 38.9 Å². The van der Waals surface area contributed by atoms with Crippen LogP contribution in [0.2, 0.25) is 0 Å². The molecule has 0 aromatic rings. The van der Waals surface area contributed by atoms with Crippen molar-refractivity contribution in [3.63, 3.8) is 0 Å². The summed E-state index contributed by atoms with van der Waals surface area (Å²) in [6.45, 7) is 4.80. The average molecular weight is 214 g/mol. The van der Waals surface area contributed by atoms with E-state index in [1.807, 2.05) is 0 Å². The summed E-state index contributed by atoms with van der Waals surface area (Å²) in [7, 11) is 0. The van der Waals surface area contributed by atoms with Crippen molar-refractivity contribution in [2.75, 3.05) is 19.6 Å². The zero-order valence-corrected chi connectivity index (χ0v) is 9.41. The van der Waals surface area contributed by atoms with E-state index in [1.165, 1.54) is 0 Å². The molecule has 2 aliphatic rings. The Labute approximate surface area is 91.4 Å². The normalized spacial score (nSPS) is 42.0. The van der Waals surface area contributed by atoms with Crippen molar-refractivity contribution in [1.82, 2.24) is 10.6 Å². The topological polar surface area (TPSA) is 53.5 Å². The fourth-order valence-electron chi connectivity index (χ4n) is 2.45. The summed E-state index contributed by atoms with van der Waals surface area (Å²) < 4.78 is 5.77. The van der Waals surface area contributed by atoms with Gasteiger partial charge in [0.25, 0.3) is 0 Å². The standard InChI is InChI=1S/C11H22N2O2/c1-8-5-12-6-9(15-8)7-13-10-3-2-4-11(10)14/h8-14H,2-7H2,1H3/t8-,9+,10?,11?/m1/s1. The predicted octanol–water partition coefficient (Wildman–Crippen LogP) is -0.134. The number of nitrogens with one attached hydrogen (secondary N) is 2. The fraction of sp³-hybridized carbons (Fsp3) is 1.00. The number of hydrogen-bond acceptors (Lipinski definition) is 4. The first-order valence-corrected chi connectivity index (χ1v) is 6.03. The molecule has 4 nitrogen and oxygen atoms in total. The first-order valence-electron chi connectivity index (χ1n) is 6.03. The molecule has 15 heavy (non-hydrogen) atoms. The summed E-state index contributed by atoms with van der Waals surface area (Å²) in [6.07, 6.45) is 3.58. The predicted molar refractivity (Wildman–Crippen MR) is 58.9 cm³/mol. The number of rotatable bonds is 3. The zero-order valence-electron chi connectivity index (χ0n) is 9.41. The van der Waals surface area contributed by atoms with Gasteiger partial charge in [0.1, 0.15) is 0 Å². The molecule has 3 N–H and O–H groups in total. The maximum Gasteiger partial charge on any atom is 0.0827 e. The minimum absolute atomic E-state index is 0.154. The summed E-state index contributed by atoms with van der Waals surface area (Å²) in [5.41, 5.74) is 0. The van der Waals surface area contributed by atoms with Crippen LogP contribution < -0.4 is 10.6 Å². The molecule has 2 unspecified atom stereocenters. The zero-order chi connectivity index (χ0) is 10.7. The largest absolute Gasteiger partial charge is 0.392 e. The lowest BCUT2D eigenvalue weighted by molar-refractivity contribution is -0.0283. The van der Waals surface area contributed by atoms with Gasteiger partial charge in [-0.05, 0) is 26.2 Å². The Bertz CT molecular complexity index is 201.